The van der Waals surface area contributed by atoms with E-state index in [2.05, 4.69) is 5.43 Å². The smallest absolute Gasteiger partial charge is 0.321 e. The fraction of sp³-hybridized carbons (Fsp3) is 0.778. The Morgan fingerprint density at radius 1 is 1.07 bits per heavy atom. The van der Waals surface area contributed by atoms with Crippen LogP contribution in [-0.2, 0) is 19.1 Å². The lowest BCUT2D eigenvalue weighted by Crippen LogP contribution is -2.43. The van der Waals surface area contributed by atoms with Crippen LogP contribution in [0.25, 0.3) is 0 Å². The van der Waals surface area contributed by atoms with E-state index in [0.717, 1.165) is 0 Å². The van der Waals surface area contributed by atoms with Gasteiger partial charge >= 0.3 is 11.9 Å². The minimum atomic E-state index is -0.379. The number of nitrogens with zero attached hydrogens (tertiary/aromatic N) is 1. The van der Waals surface area contributed by atoms with Gasteiger partial charge in [0.15, 0.2) is 0 Å². The molecule has 6 heteroatoms. The molecule has 0 aromatic heterocycles. The fourth-order valence-electron chi connectivity index (χ4n) is 0.939. The van der Waals surface area contributed by atoms with E-state index >= 15 is 0 Å². The third-order valence-corrected chi connectivity index (χ3v) is 1.57. The lowest BCUT2D eigenvalue weighted by Gasteiger charge is -2.18. The first kappa shape index (κ1) is 13.9. The van der Waals surface area contributed by atoms with E-state index in [4.69, 9.17) is 9.47 Å². The van der Waals surface area contributed by atoms with Crippen molar-refractivity contribution in [1.82, 2.24) is 10.4 Å². The Morgan fingerprint density at radius 2 is 1.47 bits per heavy atom. The Labute approximate surface area is 89.5 Å². The molecule has 0 atom stereocenters. The van der Waals surface area contributed by atoms with Crippen molar-refractivity contribution in [3.63, 3.8) is 0 Å². The third-order valence-electron chi connectivity index (χ3n) is 1.57. The Morgan fingerprint density at radius 3 is 1.73 bits per heavy atom. The van der Waals surface area contributed by atoms with Crippen molar-refractivity contribution in [2.24, 2.45) is 0 Å². The molecule has 15 heavy (non-hydrogen) atoms. The fourth-order valence-corrected chi connectivity index (χ4v) is 0.939. The molecule has 88 valence electrons. The van der Waals surface area contributed by atoms with Crippen molar-refractivity contribution in [2.75, 3.05) is 33.4 Å². The predicted molar refractivity (Wildman–Crippen MR) is 53.9 cm³/mol. The van der Waals surface area contributed by atoms with Gasteiger partial charge in [-0.05, 0) is 20.9 Å². The summed E-state index contributed by atoms with van der Waals surface area (Å²) in [6.07, 6.45) is 0. The van der Waals surface area contributed by atoms with E-state index in [1.165, 1.54) is 5.01 Å². The standard InChI is InChI=1S/C9H18N2O4/c1-4-14-8(12)6-11(10-3)7-9(13)15-5-2/h10H,4-7H2,1-3H3. The van der Waals surface area contributed by atoms with E-state index in [-0.39, 0.29) is 25.0 Å². The highest BCUT2D eigenvalue weighted by atomic mass is 16.5. The van der Waals surface area contributed by atoms with Crippen LogP contribution < -0.4 is 5.43 Å². The number of carbonyl (C=O) groups is 2. The lowest BCUT2D eigenvalue weighted by molar-refractivity contribution is -0.149. The van der Waals surface area contributed by atoms with Crippen LogP contribution in [0.3, 0.4) is 0 Å². The lowest BCUT2D eigenvalue weighted by atomic mass is 10.5. The molecule has 0 bridgehead atoms. The molecule has 0 rings (SSSR count). The molecule has 0 saturated carbocycles. The predicted octanol–water partition coefficient (Wildman–Crippen LogP) is -0.451. The summed E-state index contributed by atoms with van der Waals surface area (Å²) in [4.78, 5) is 22.2. The van der Waals surface area contributed by atoms with Gasteiger partial charge in [-0.25, -0.2) is 5.01 Å². The summed E-state index contributed by atoms with van der Waals surface area (Å²) in [6, 6.07) is 0. The molecule has 0 spiro atoms. The molecule has 0 fully saturated rings. The number of nitrogens with one attached hydrogen (secondary N) is 1. The average Bonchev–Trinajstić information content (AvgIpc) is 2.17. The molecule has 0 heterocycles. The van der Waals surface area contributed by atoms with Crippen LogP contribution in [-0.4, -0.2) is 50.3 Å². The summed E-state index contributed by atoms with van der Waals surface area (Å²) < 4.78 is 9.49. The Hall–Kier alpha value is -1.14. The van der Waals surface area contributed by atoms with Crippen molar-refractivity contribution < 1.29 is 19.1 Å². The van der Waals surface area contributed by atoms with Crippen molar-refractivity contribution in [1.29, 1.82) is 0 Å². The first-order valence-electron chi connectivity index (χ1n) is 4.87. The molecule has 0 unspecified atom stereocenters. The summed E-state index contributed by atoms with van der Waals surface area (Å²) >= 11 is 0. The van der Waals surface area contributed by atoms with Crippen LogP contribution in [0.5, 0.6) is 0 Å². The zero-order valence-electron chi connectivity index (χ0n) is 9.41. The van der Waals surface area contributed by atoms with Gasteiger partial charge in [0.1, 0.15) is 13.1 Å². The van der Waals surface area contributed by atoms with Gasteiger partial charge in [-0.2, -0.15) is 0 Å². The molecule has 0 amide bonds. The molecule has 0 radical (unpaired) electrons. The summed E-state index contributed by atoms with van der Waals surface area (Å²) in [5.74, 6) is -0.757. The van der Waals surface area contributed by atoms with Gasteiger partial charge in [-0.15, -0.1) is 0 Å². The van der Waals surface area contributed by atoms with Crippen LogP contribution >= 0.6 is 0 Å². The number of esters is 2. The van der Waals surface area contributed by atoms with Crippen LogP contribution in [0.2, 0.25) is 0 Å². The maximum absolute atomic E-state index is 11.1. The van der Waals surface area contributed by atoms with E-state index in [1.54, 1.807) is 20.9 Å². The van der Waals surface area contributed by atoms with Crippen LogP contribution in [0.1, 0.15) is 13.8 Å². The number of hydrogen-bond acceptors (Lipinski definition) is 6. The molecule has 0 aliphatic heterocycles. The quantitative estimate of drug-likeness (QED) is 0.461. The van der Waals surface area contributed by atoms with Crippen LogP contribution in [0.15, 0.2) is 0 Å². The van der Waals surface area contributed by atoms with E-state index < -0.39 is 0 Å². The van der Waals surface area contributed by atoms with Crippen LogP contribution in [0.4, 0.5) is 0 Å². The zero-order chi connectivity index (χ0) is 11.7. The van der Waals surface area contributed by atoms with Crippen LogP contribution in [0, 0.1) is 0 Å². The van der Waals surface area contributed by atoms with Crippen molar-refractivity contribution in [2.45, 2.75) is 13.8 Å². The van der Waals surface area contributed by atoms with Gasteiger partial charge in [-0.3, -0.25) is 15.0 Å². The van der Waals surface area contributed by atoms with E-state index in [9.17, 15) is 9.59 Å². The second kappa shape index (κ2) is 8.19. The van der Waals surface area contributed by atoms with E-state index in [0.29, 0.717) is 13.2 Å². The number of ether oxygens (including phenoxy) is 2. The Bertz CT molecular complexity index is 188. The summed E-state index contributed by atoms with van der Waals surface area (Å²) in [7, 11) is 1.62. The maximum atomic E-state index is 11.1. The average molecular weight is 218 g/mol. The van der Waals surface area contributed by atoms with Gasteiger partial charge in [-0.1, -0.05) is 0 Å². The number of hydrogen-bond donors (Lipinski definition) is 1. The summed E-state index contributed by atoms with van der Waals surface area (Å²) in [6.45, 7) is 4.15. The van der Waals surface area contributed by atoms with Gasteiger partial charge in [0, 0.05) is 0 Å². The topological polar surface area (TPSA) is 67.9 Å². The molecule has 0 aromatic carbocycles. The third kappa shape index (κ3) is 6.87. The van der Waals surface area contributed by atoms with Gasteiger partial charge in [0.2, 0.25) is 0 Å². The second-order valence-corrected chi connectivity index (χ2v) is 2.69. The van der Waals surface area contributed by atoms with Gasteiger partial charge < -0.3 is 9.47 Å². The largest absolute Gasteiger partial charge is 0.465 e. The minimum absolute atomic E-state index is 0.0170. The van der Waals surface area contributed by atoms with Crippen molar-refractivity contribution >= 4 is 11.9 Å². The molecular weight excluding hydrogens is 200 g/mol. The molecule has 0 aliphatic rings. The van der Waals surface area contributed by atoms with E-state index in [1.807, 2.05) is 0 Å². The highest BCUT2D eigenvalue weighted by Gasteiger charge is 2.14. The minimum Gasteiger partial charge on any atom is -0.465 e. The molecule has 0 aromatic rings. The molecule has 0 saturated heterocycles. The number of rotatable bonds is 7. The molecule has 1 N–H and O–H groups in total. The first-order chi connectivity index (χ1) is 7.13. The van der Waals surface area contributed by atoms with Crippen molar-refractivity contribution in [3.8, 4) is 0 Å². The van der Waals surface area contributed by atoms with Crippen molar-refractivity contribution in [3.05, 3.63) is 0 Å². The maximum Gasteiger partial charge on any atom is 0.321 e. The first-order valence-corrected chi connectivity index (χ1v) is 4.87. The van der Waals surface area contributed by atoms with Gasteiger partial charge in [0.25, 0.3) is 0 Å². The highest BCUT2D eigenvalue weighted by Crippen LogP contribution is 1.88. The van der Waals surface area contributed by atoms with Gasteiger partial charge in [0.05, 0.1) is 13.2 Å². The zero-order valence-corrected chi connectivity index (χ0v) is 9.41. The second-order valence-electron chi connectivity index (χ2n) is 2.69. The SMILES string of the molecule is CCOC(=O)CN(CC(=O)OCC)NC. The Balaban J connectivity index is 3.91. The molecular formula is C9H18N2O4. The molecule has 0 aliphatic carbocycles. The number of carbonyl (C=O) groups excluding carboxylic acids is 2. The number of hydrazine groups is 1. The molecule has 6 nitrogen and oxygen atoms in total. The Kier molecular flexibility index (Phi) is 7.57. The highest BCUT2D eigenvalue weighted by molar-refractivity contribution is 5.74. The summed E-state index contributed by atoms with van der Waals surface area (Å²) in [5, 5.41) is 1.43. The monoisotopic (exact) mass is 218 g/mol. The normalized spacial score (nSPS) is 10.1. The summed E-state index contributed by atoms with van der Waals surface area (Å²) in [5.41, 5.74) is 2.71.